The van der Waals surface area contributed by atoms with Crippen LogP contribution in [0.4, 0.5) is 33.5 Å². The van der Waals surface area contributed by atoms with Crippen molar-refractivity contribution in [3.63, 3.8) is 0 Å². The van der Waals surface area contributed by atoms with Crippen molar-refractivity contribution >= 4 is 23.4 Å². The van der Waals surface area contributed by atoms with Gasteiger partial charge in [0.2, 0.25) is 6.29 Å². The number of anilines is 1. The van der Waals surface area contributed by atoms with Gasteiger partial charge in [-0.15, -0.1) is 0 Å². The standard InChI is InChI=1S/C25H23F5N6O6/c26-12-3-6-15(14(27)7-12)35-23-17(21(31)25(28,29)30)22(32)36(10-33-23)34-8-11-1-4-13(5-2-11)41-24-20(40)19(39)18(38)16(9-37)42-24/h1-8,10,16,18-20,24,31,37-40H,9,32H2/b31-21?,34-8-,35-23?. The molecule has 0 radical (unpaired) electrons. The lowest BCUT2D eigenvalue weighted by Crippen LogP contribution is -2.60. The van der Waals surface area contributed by atoms with Gasteiger partial charge in [0, 0.05) is 6.07 Å². The molecule has 3 aromatic rings. The number of aliphatic hydroxyl groups is 4. The van der Waals surface area contributed by atoms with E-state index in [1.54, 1.807) is 0 Å². The summed E-state index contributed by atoms with van der Waals surface area (Å²) in [5.41, 5.74) is 2.06. The number of nitrogens with one attached hydrogen (secondary N) is 1. The fraction of sp³-hybridized carbons (Fsp3) is 0.280. The van der Waals surface area contributed by atoms with Crippen LogP contribution in [-0.4, -0.2) is 85.5 Å². The molecule has 0 spiro atoms. The number of ether oxygens (including phenoxy) is 2. The Morgan fingerprint density at radius 3 is 2.40 bits per heavy atom. The average Bonchev–Trinajstić information content (AvgIpc) is 2.94. The monoisotopic (exact) mass is 598 g/mol. The molecule has 0 amide bonds. The minimum atomic E-state index is -5.18. The van der Waals surface area contributed by atoms with Crippen LogP contribution in [0.1, 0.15) is 11.1 Å². The molecule has 5 atom stereocenters. The molecule has 1 aliphatic rings. The molecule has 5 unspecified atom stereocenters. The minimum Gasteiger partial charge on any atom is -0.462 e. The van der Waals surface area contributed by atoms with Crippen LogP contribution in [0.2, 0.25) is 0 Å². The average molecular weight is 598 g/mol. The number of benzene rings is 2. The van der Waals surface area contributed by atoms with Gasteiger partial charge in [-0.2, -0.15) is 18.3 Å². The van der Waals surface area contributed by atoms with E-state index in [9.17, 15) is 42.4 Å². The van der Waals surface area contributed by atoms with Crippen molar-refractivity contribution in [2.75, 3.05) is 12.3 Å². The van der Waals surface area contributed by atoms with Gasteiger partial charge in [0.15, 0.2) is 17.0 Å². The quantitative estimate of drug-likeness (QED) is 0.171. The zero-order chi connectivity index (χ0) is 30.8. The largest absolute Gasteiger partial charge is 0.462 e. The zero-order valence-corrected chi connectivity index (χ0v) is 21.2. The summed E-state index contributed by atoms with van der Waals surface area (Å²) in [5.74, 6) is -2.66. The van der Waals surface area contributed by atoms with Crippen LogP contribution >= 0.6 is 0 Å². The summed E-state index contributed by atoms with van der Waals surface area (Å²) in [5, 5.41) is 50.7. The van der Waals surface area contributed by atoms with Crippen LogP contribution in [0.25, 0.3) is 0 Å². The smallest absolute Gasteiger partial charge is 0.433 e. The van der Waals surface area contributed by atoms with Gasteiger partial charge in [0.05, 0.1) is 18.4 Å². The number of rotatable bonds is 7. The van der Waals surface area contributed by atoms with Gasteiger partial charge in [-0.1, -0.05) is 0 Å². The first-order valence-corrected chi connectivity index (χ1v) is 11.9. The highest BCUT2D eigenvalue weighted by Crippen LogP contribution is 2.26. The number of nitrogen functional groups attached to an aromatic ring is 1. The maximum absolute atomic E-state index is 14.1. The van der Waals surface area contributed by atoms with Gasteiger partial charge in [-0.05, 0) is 42.0 Å². The summed E-state index contributed by atoms with van der Waals surface area (Å²) in [6, 6.07) is 7.91. The van der Waals surface area contributed by atoms with E-state index in [1.165, 1.54) is 30.5 Å². The number of halogens is 5. The number of hydrogen-bond donors (Lipinski definition) is 6. The van der Waals surface area contributed by atoms with Crippen LogP contribution in [0.3, 0.4) is 0 Å². The van der Waals surface area contributed by atoms with Gasteiger partial charge in [-0.25, -0.2) is 23.4 Å². The van der Waals surface area contributed by atoms with E-state index < -0.39 is 83.4 Å². The fourth-order valence-electron chi connectivity index (χ4n) is 3.77. The number of aliphatic hydroxyl groups excluding tert-OH is 4. The summed E-state index contributed by atoms with van der Waals surface area (Å²) >= 11 is 0. The van der Waals surface area contributed by atoms with Crippen LogP contribution in [0, 0.1) is 17.0 Å². The Morgan fingerprint density at radius 2 is 1.79 bits per heavy atom. The molecule has 224 valence electrons. The summed E-state index contributed by atoms with van der Waals surface area (Å²) in [6.07, 6.45) is -10.5. The van der Waals surface area contributed by atoms with Crippen molar-refractivity contribution in [3.05, 3.63) is 77.0 Å². The van der Waals surface area contributed by atoms with Crippen molar-refractivity contribution in [3.8, 4) is 5.75 Å². The van der Waals surface area contributed by atoms with Crippen LogP contribution < -0.4 is 16.0 Å². The maximum Gasteiger partial charge on any atom is 0.433 e. The highest BCUT2D eigenvalue weighted by atomic mass is 19.4. The van der Waals surface area contributed by atoms with Crippen molar-refractivity contribution in [1.82, 2.24) is 9.66 Å². The molecule has 17 heteroatoms. The van der Waals surface area contributed by atoms with E-state index >= 15 is 0 Å². The van der Waals surface area contributed by atoms with E-state index in [1.807, 2.05) is 0 Å². The minimum absolute atomic E-state index is 0.144. The molecule has 1 fully saturated rings. The molecule has 1 aromatic heterocycles. The van der Waals surface area contributed by atoms with Crippen molar-refractivity contribution < 1.29 is 51.9 Å². The van der Waals surface area contributed by atoms with Gasteiger partial charge in [-0.3, -0.25) is 5.41 Å². The number of nitrogens with zero attached hydrogens (tertiary/aromatic N) is 4. The molecule has 4 rings (SSSR count). The molecule has 7 N–H and O–H groups in total. The molecule has 2 heterocycles. The molecule has 2 aromatic carbocycles. The number of aromatic nitrogens is 2. The summed E-state index contributed by atoms with van der Waals surface area (Å²) in [4.78, 5) is 7.44. The summed E-state index contributed by atoms with van der Waals surface area (Å²) in [7, 11) is 0. The first-order valence-electron chi connectivity index (χ1n) is 11.9. The van der Waals surface area contributed by atoms with Crippen molar-refractivity contribution in [2.45, 2.75) is 36.9 Å². The third kappa shape index (κ3) is 6.60. The lowest BCUT2D eigenvalue weighted by atomic mass is 9.99. The molecule has 0 saturated carbocycles. The highest BCUT2D eigenvalue weighted by Gasteiger charge is 2.44. The molecule has 0 aliphatic carbocycles. The van der Waals surface area contributed by atoms with Crippen LogP contribution in [0.5, 0.6) is 5.75 Å². The normalized spacial score (nSPS) is 23.4. The Bertz CT molecular complexity index is 1550. The first-order chi connectivity index (χ1) is 19.8. The second-order valence-corrected chi connectivity index (χ2v) is 8.88. The molecular weight excluding hydrogens is 575 g/mol. The van der Waals surface area contributed by atoms with Crippen molar-refractivity contribution in [2.24, 2.45) is 10.1 Å². The fourth-order valence-corrected chi connectivity index (χ4v) is 3.77. The van der Waals surface area contributed by atoms with E-state index in [-0.39, 0.29) is 5.75 Å². The molecule has 42 heavy (non-hydrogen) atoms. The predicted molar refractivity (Wildman–Crippen MR) is 135 cm³/mol. The zero-order valence-electron chi connectivity index (χ0n) is 21.2. The SMILES string of the molecule is N=C(c1c(N)n(/N=C\c2ccc(OC3OC(CO)C(O)C(O)C3O)cc2)cnc1=Nc1ccc(F)cc1F)C(F)(F)F. The number of alkyl halides is 3. The van der Waals surface area contributed by atoms with E-state index in [0.717, 1.165) is 23.1 Å². The van der Waals surface area contributed by atoms with Gasteiger partial charge < -0.3 is 35.6 Å². The molecule has 12 nitrogen and oxygen atoms in total. The third-order valence-electron chi connectivity index (χ3n) is 6.00. The third-order valence-corrected chi connectivity index (χ3v) is 6.00. The molecule has 1 saturated heterocycles. The van der Waals surface area contributed by atoms with E-state index in [0.29, 0.717) is 11.6 Å². The molecule has 1 aliphatic heterocycles. The van der Waals surface area contributed by atoms with Gasteiger partial charge in [0.1, 0.15) is 53.8 Å². The predicted octanol–water partition coefficient (Wildman–Crippen LogP) is 0.967. The Labute approximate surface area is 232 Å². The Kier molecular flexibility index (Phi) is 8.97. The second kappa shape index (κ2) is 12.3. The van der Waals surface area contributed by atoms with Crippen LogP contribution in [-0.2, 0) is 4.74 Å². The summed E-state index contributed by atoms with van der Waals surface area (Å²) < 4.78 is 79.2. The number of nitrogens with two attached hydrogens (primary N) is 1. The van der Waals surface area contributed by atoms with Crippen molar-refractivity contribution in [1.29, 1.82) is 5.41 Å². The Morgan fingerprint density at radius 1 is 1.10 bits per heavy atom. The Balaban J connectivity index is 1.60. The second-order valence-electron chi connectivity index (χ2n) is 8.88. The lowest BCUT2D eigenvalue weighted by Gasteiger charge is -2.39. The Hall–Kier alpha value is -4.29. The topological polar surface area (TPSA) is 192 Å². The van der Waals surface area contributed by atoms with Gasteiger partial charge in [0.25, 0.3) is 0 Å². The van der Waals surface area contributed by atoms with Crippen LogP contribution in [0.15, 0.2) is 58.9 Å². The van der Waals surface area contributed by atoms with Gasteiger partial charge >= 0.3 is 6.18 Å². The highest BCUT2D eigenvalue weighted by molar-refractivity contribution is 6.05. The first kappa shape index (κ1) is 30.7. The maximum atomic E-state index is 14.1. The number of hydrogen-bond acceptors (Lipinski definition) is 11. The lowest BCUT2D eigenvalue weighted by molar-refractivity contribution is -0.277. The summed E-state index contributed by atoms with van der Waals surface area (Å²) in [6.45, 7) is -0.641. The molecule has 0 bridgehead atoms. The van der Waals surface area contributed by atoms with E-state index in [4.69, 9.17) is 20.6 Å². The van der Waals surface area contributed by atoms with E-state index in [2.05, 4.69) is 15.1 Å². The molecular formula is C25H23F5N6O6.